The Morgan fingerprint density at radius 2 is 2.03 bits per heavy atom. The summed E-state index contributed by atoms with van der Waals surface area (Å²) in [6.07, 6.45) is 7.19. The van der Waals surface area contributed by atoms with Gasteiger partial charge in [0.15, 0.2) is 19.1 Å². The molecule has 29 heavy (non-hydrogen) atoms. The van der Waals surface area contributed by atoms with Gasteiger partial charge in [-0.2, -0.15) is 0 Å². The predicted molar refractivity (Wildman–Crippen MR) is 120 cm³/mol. The molecule has 3 rings (SSSR count). The molecule has 0 saturated heterocycles. The second-order valence-electron chi connectivity index (χ2n) is 9.41. The first-order valence-corrected chi connectivity index (χ1v) is 13.7. The number of aliphatic hydroxyl groups excluding tert-OH is 1. The lowest BCUT2D eigenvalue weighted by Crippen LogP contribution is -2.45. The smallest absolute Gasteiger partial charge is 0.192 e. The molecule has 0 unspecified atom stereocenters. The largest absolute Gasteiger partial charge is 0.417 e. The molecule has 0 radical (unpaired) electrons. The third kappa shape index (κ3) is 4.29. The highest BCUT2D eigenvalue weighted by Crippen LogP contribution is 2.45. The van der Waals surface area contributed by atoms with Crippen LogP contribution >= 0.6 is 11.6 Å². The van der Waals surface area contributed by atoms with Crippen molar-refractivity contribution >= 4 is 31.1 Å². The summed E-state index contributed by atoms with van der Waals surface area (Å²) in [5, 5.41) is 10.5. The Hall–Kier alpha value is -1.28. The van der Waals surface area contributed by atoms with Crippen molar-refractivity contribution in [2.45, 2.75) is 64.7 Å². The van der Waals surface area contributed by atoms with Gasteiger partial charge in [-0.25, -0.2) is 15.0 Å². The zero-order valence-electron chi connectivity index (χ0n) is 18.3. The highest BCUT2D eigenvalue weighted by molar-refractivity contribution is 6.74. The average molecular weight is 437 g/mol. The third-order valence-corrected chi connectivity index (χ3v) is 12.1. The van der Waals surface area contributed by atoms with E-state index in [0.717, 1.165) is 30.7 Å². The number of aliphatic hydroxyl groups is 1. The average Bonchev–Trinajstić information content (AvgIpc) is 3.25. The zero-order chi connectivity index (χ0) is 21.4. The lowest BCUT2D eigenvalue weighted by Gasteiger charge is -2.42. The van der Waals surface area contributed by atoms with Crippen LogP contribution in [-0.2, 0) is 4.43 Å². The molecule has 0 amide bonds. The number of hydrogen-bond donors (Lipinski definition) is 1. The van der Waals surface area contributed by atoms with E-state index in [1.165, 1.54) is 6.33 Å². The van der Waals surface area contributed by atoms with E-state index in [-0.39, 0.29) is 17.7 Å². The summed E-state index contributed by atoms with van der Waals surface area (Å²) in [5.74, 6) is 0.878. The first-order valence-electron chi connectivity index (χ1n) is 10.4. The predicted octanol–water partition coefficient (Wildman–Crippen LogP) is 5.01. The minimum Gasteiger partial charge on any atom is -0.417 e. The number of fused-ring (bicyclic) bond motifs is 1. The third-order valence-electron chi connectivity index (χ3n) is 7.24. The maximum Gasteiger partial charge on any atom is 0.192 e. The number of hydrogen-bond acceptors (Lipinski definition) is 5. The van der Waals surface area contributed by atoms with Gasteiger partial charge in [0.2, 0.25) is 0 Å². The van der Waals surface area contributed by atoms with Crippen LogP contribution in [0, 0.1) is 11.8 Å². The van der Waals surface area contributed by atoms with Crippen LogP contribution in [-0.4, -0.2) is 46.2 Å². The van der Waals surface area contributed by atoms with Crippen molar-refractivity contribution in [1.29, 1.82) is 0 Å². The number of halogens is 1. The van der Waals surface area contributed by atoms with E-state index in [1.54, 1.807) is 6.33 Å². The molecule has 0 bridgehead atoms. The number of aromatic nitrogens is 4. The molecule has 0 saturated carbocycles. The minimum absolute atomic E-state index is 0.0713. The Balaban J connectivity index is 1.68. The fourth-order valence-corrected chi connectivity index (χ4v) is 6.54. The summed E-state index contributed by atoms with van der Waals surface area (Å²) in [6.45, 7) is 14.6. The Bertz CT molecular complexity index is 894. The summed E-state index contributed by atoms with van der Waals surface area (Å²) < 4.78 is 8.52. The number of allylic oxidation sites excluding steroid dienone is 1. The van der Waals surface area contributed by atoms with Crippen molar-refractivity contribution in [3.63, 3.8) is 0 Å². The maximum absolute atomic E-state index is 9.90. The molecule has 0 aromatic carbocycles. The molecule has 8 heteroatoms. The molecular formula is C21H33ClN4O2Si. The van der Waals surface area contributed by atoms with Gasteiger partial charge in [0, 0.05) is 6.61 Å². The van der Waals surface area contributed by atoms with E-state index in [9.17, 15) is 5.11 Å². The molecule has 2 aromatic rings. The van der Waals surface area contributed by atoms with Crippen LogP contribution in [0.15, 0.2) is 24.3 Å². The van der Waals surface area contributed by atoms with Crippen molar-refractivity contribution in [3.8, 4) is 0 Å². The molecule has 6 nitrogen and oxygen atoms in total. The first kappa shape index (κ1) is 22.4. The SMILES string of the molecule is CC(C)C(C)(C)[Si](C)(C)OCC[C@@H]1C[C@H](n2cnc3c(Cl)ncnc32)C=C1CO. The van der Waals surface area contributed by atoms with E-state index in [1.807, 2.05) is 4.57 Å². The Kier molecular flexibility index (Phi) is 6.53. The van der Waals surface area contributed by atoms with Crippen LogP contribution in [0.25, 0.3) is 11.2 Å². The summed E-state index contributed by atoms with van der Waals surface area (Å²) >= 11 is 6.14. The van der Waals surface area contributed by atoms with Gasteiger partial charge in [0.05, 0.1) is 19.0 Å². The van der Waals surface area contributed by atoms with E-state index >= 15 is 0 Å². The van der Waals surface area contributed by atoms with E-state index in [0.29, 0.717) is 22.5 Å². The second kappa shape index (κ2) is 8.45. The molecule has 0 aliphatic heterocycles. The van der Waals surface area contributed by atoms with Crippen LogP contribution < -0.4 is 0 Å². The Labute approximate surface area is 179 Å². The fourth-order valence-electron chi connectivity index (χ4n) is 3.98. The fraction of sp³-hybridized carbons (Fsp3) is 0.667. The minimum atomic E-state index is -1.84. The van der Waals surface area contributed by atoms with Gasteiger partial charge in [0.25, 0.3) is 0 Å². The molecule has 1 N–H and O–H groups in total. The molecule has 0 spiro atoms. The Morgan fingerprint density at radius 1 is 1.31 bits per heavy atom. The molecule has 2 aromatic heterocycles. The second-order valence-corrected chi connectivity index (χ2v) is 14.4. The van der Waals surface area contributed by atoms with Crippen LogP contribution in [0.5, 0.6) is 0 Å². The molecular weight excluding hydrogens is 404 g/mol. The van der Waals surface area contributed by atoms with Gasteiger partial charge in [-0.1, -0.05) is 45.4 Å². The van der Waals surface area contributed by atoms with Crippen LogP contribution in [0.4, 0.5) is 0 Å². The van der Waals surface area contributed by atoms with Gasteiger partial charge in [-0.3, -0.25) is 0 Å². The van der Waals surface area contributed by atoms with Crippen LogP contribution in [0.2, 0.25) is 23.3 Å². The van der Waals surface area contributed by atoms with Crippen molar-refractivity contribution < 1.29 is 9.53 Å². The van der Waals surface area contributed by atoms with Crippen molar-refractivity contribution in [1.82, 2.24) is 19.5 Å². The van der Waals surface area contributed by atoms with Gasteiger partial charge in [0.1, 0.15) is 11.8 Å². The molecule has 0 fully saturated rings. The highest BCUT2D eigenvalue weighted by Gasteiger charge is 2.43. The normalized spacial score (nSPS) is 20.7. The van der Waals surface area contributed by atoms with Gasteiger partial charge in [-0.05, 0) is 48.4 Å². The topological polar surface area (TPSA) is 73.1 Å². The molecule has 160 valence electrons. The van der Waals surface area contributed by atoms with E-state index < -0.39 is 8.32 Å². The molecule has 1 aliphatic carbocycles. The lowest BCUT2D eigenvalue weighted by molar-refractivity contribution is 0.238. The van der Waals surface area contributed by atoms with Crippen LogP contribution in [0.1, 0.15) is 46.6 Å². The van der Waals surface area contributed by atoms with Gasteiger partial charge in [-0.15, -0.1) is 0 Å². The lowest BCUT2D eigenvalue weighted by atomic mass is 9.98. The summed E-state index contributed by atoms with van der Waals surface area (Å²) in [7, 11) is -1.84. The Morgan fingerprint density at radius 3 is 2.69 bits per heavy atom. The van der Waals surface area contributed by atoms with Crippen molar-refractivity contribution in [3.05, 3.63) is 29.5 Å². The standard InChI is InChI=1S/C21H33ClN4O2Si/c1-14(2)21(3,4)29(5,6)28-8-7-15-9-17(10-16(15)11-27)26-13-25-18-19(22)23-12-24-20(18)26/h10,12-15,17,27H,7-9,11H2,1-6H3/t15-,17+/m1/s1. The monoisotopic (exact) mass is 436 g/mol. The molecule has 2 atom stereocenters. The first-order chi connectivity index (χ1) is 13.6. The van der Waals surface area contributed by atoms with E-state index in [2.05, 4.69) is 61.8 Å². The molecule has 1 aliphatic rings. The quantitative estimate of drug-likeness (QED) is 0.357. The summed E-state index contributed by atoms with van der Waals surface area (Å²) in [4.78, 5) is 12.7. The summed E-state index contributed by atoms with van der Waals surface area (Å²) in [6, 6.07) is 0.107. The van der Waals surface area contributed by atoms with Crippen LogP contribution in [0.3, 0.4) is 0 Å². The highest BCUT2D eigenvalue weighted by atomic mass is 35.5. The zero-order valence-corrected chi connectivity index (χ0v) is 20.1. The maximum atomic E-state index is 9.90. The van der Waals surface area contributed by atoms with Gasteiger partial charge >= 0.3 is 0 Å². The van der Waals surface area contributed by atoms with E-state index in [4.69, 9.17) is 16.0 Å². The number of imidazole rings is 1. The summed E-state index contributed by atoms with van der Waals surface area (Å²) in [5.41, 5.74) is 2.42. The van der Waals surface area contributed by atoms with Crippen molar-refractivity contribution in [2.24, 2.45) is 11.8 Å². The number of nitrogens with zero attached hydrogens (tertiary/aromatic N) is 4. The molecule has 2 heterocycles. The van der Waals surface area contributed by atoms with Gasteiger partial charge < -0.3 is 14.1 Å². The van der Waals surface area contributed by atoms with Crippen molar-refractivity contribution in [2.75, 3.05) is 13.2 Å². The number of rotatable bonds is 8.